The summed E-state index contributed by atoms with van der Waals surface area (Å²) in [6.07, 6.45) is 71.0. The van der Waals surface area contributed by atoms with Crippen LogP contribution in [-0.4, -0.2) is 68.5 Å². The Morgan fingerprint density at radius 3 is 1.15 bits per heavy atom. The van der Waals surface area contributed by atoms with Crippen molar-refractivity contribution >= 4 is 13.7 Å². The van der Waals surface area contributed by atoms with E-state index in [1.165, 1.54) is 244 Å². The third-order valence-electron chi connectivity index (χ3n) is 14.3. The van der Waals surface area contributed by atoms with E-state index < -0.39 is 20.0 Å². The number of nitrogens with zero attached hydrogens (tertiary/aromatic N) is 1. The molecule has 2 N–H and O–H groups in total. The number of phosphoric ester groups is 1. The highest BCUT2D eigenvalue weighted by Crippen LogP contribution is 2.38. The van der Waals surface area contributed by atoms with Crippen molar-refractivity contribution in [1.29, 1.82) is 0 Å². The van der Waals surface area contributed by atoms with Crippen LogP contribution in [0, 0.1) is 0 Å². The number of allylic oxidation sites excluding steroid dienone is 5. The monoisotopic (exact) mass is 1030 g/mol. The zero-order valence-electron chi connectivity index (χ0n) is 48.6. The lowest BCUT2D eigenvalue weighted by atomic mass is 10.0. The molecule has 0 bridgehead atoms. The number of hydrogen-bond acceptors (Lipinski definition) is 6. The molecular formula is C63H123N2O6P. The number of quaternary nitrogens is 1. The lowest BCUT2D eigenvalue weighted by molar-refractivity contribution is -0.870. The molecule has 0 aromatic carbocycles. The molecule has 9 heteroatoms. The molecule has 426 valence electrons. The number of phosphoric acid groups is 1. The molecule has 0 saturated heterocycles. The van der Waals surface area contributed by atoms with Gasteiger partial charge in [0.1, 0.15) is 13.2 Å². The number of rotatable bonds is 58. The minimum absolute atomic E-state index is 0.000479. The Morgan fingerprint density at radius 1 is 0.486 bits per heavy atom. The second-order valence-electron chi connectivity index (χ2n) is 22.8. The van der Waals surface area contributed by atoms with E-state index in [1.807, 2.05) is 27.2 Å². The summed E-state index contributed by atoms with van der Waals surface area (Å²) in [6.45, 7) is 4.69. The Labute approximate surface area is 448 Å². The highest BCUT2D eigenvalue weighted by Gasteiger charge is 2.23. The van der Waals surface area contributed by atoms with Crippen molar-refractivity contribution in [3.05, 3.63) is 36.5 Å². The van der Waals surface area contributed by atoms with Crippen molar-refractivity contribution in [3.8, 4) is 0 Å². The molecule has 72 heavy (non-hydrogen) atoms. The van der Waals surface area contributed by atoms with Crippen molar-refractivity contribution in [1.82, 2.24) is 5.32 Å². The van der Waals surface area contributed by atoms with Gasteiger partial charge in [0.2, 0.25) is 5.91 Å². The van der Waals surface area contributed by atoms with Crippen LogP contribution in [0.4, 0.5) is 0 Å². The topological polar surface area (TPSA) is 108 Å². The van der Waals surface area contributed by atoms with E-state index >= 15 is 0 Å². The summed E-state index contributed by atoms with van der Waals surface area (Å²) in [5.74, 6) is -0.193. The molecular weight excluding hydrogens is 912 g/mol. The standard InChI is InChI=1S/C63H123N2O6P/c1-6-8-10-12-14-16-18-20-22-24-25-26-27-28-29-30-31-32-33-34-35-36-37-38-39-41-43-45-47-49-51-53-55-57-63(67)64-61(60-71-72(68,69)70-59-58-65(3,4)5)62(66)56-54-52-50-48-46-44-42-40-23-21-19-17-15-13-11-9-7-2/h25-26,28-29,54,56,61-62,66H,6-24,27,30-53,55,57-60H2,1-5H3,(H-,64,67,68,69)/b26-25-,29-28-,56-54+. The Bertz CT molecular complexity index is 1270. The lowest BCUT2D eigenvalue weighted by Crippen LogP contribution is -2.45. The van der Waals surface area contributed by atoms with Crippen LogP contribution in [0.3, 0.4) is 0 Å². The summed E-state index contributed by atoms with van der Waals surface area (Å²) in [5, 5.41) is 13.9. The summed E-state index contributed by atoms with van der Waals surface area (Å²) >= 11 is 0. The predicted molar refractivity (Wildman–Crippen MR) is 311 cm³/mol. The van der Waals surface area contributed by atoms with E-state index in [9.17, 15) is 19.4 Å². The fraction of sp³-hybridized carbons (Fsp3) is 0.889. The van der Waals surface area contributed by atoms with Gasteiger partial charge in [0, 0.05) is 6.42 Å². The molecule has 0 fully saturated rings. The van der Waals surface area contributed by atoms with Gasteiger partial charge in [0.05, 0.1) is 39.9 Å². The van der Waals surface area contributed by atoms with Crippen LogP contribution in [0.25, 0.3) is 0 Å². The number of nitrogens with one attached hydrogen (secondary N) is 1. The van der Waals surface area contributed by atoms with E-state index in [-0.39, 0.29) is 19.1 Å². The maximum atomic E-state index is 13.0. The summed E-state index contributed by atoms with van der Waals surface area (Å²) in [5.41, 5.74) is 0. The molecule has 0 heterocycles. The van der Waals surface area contributed by atoms with Crippen molar-refractivity contribution in [2.24, 2.45) is 0 Å². The summed E-state index contributed by atoms with van der Waals surface area (Å²) in [6, 6.07) is -0.885. The molecule has 0 aromatic heterocycles. The molecule has 8 nitrogen and oxygen atoms in total. The van der Waals surface area contributed by atoms with Crippen LogP contribution in [0.15, 0.2) is 36.5 Å². The number of carbonyl (C=O) groups excluding carboxylic acids is 1. The molecule has 1 amide bonds. The van der Waals surface area contributed by atoms with E-state index in [1.54, 1.807) is 6.08 Å². The Kier molecular flexibility index (Phi) is 53.5. The van der Waals surface area contributed by atoms with Crippen molar-refractivity contribution in [2.45, 2.75) is 321 Å². The van der Waals surface area contributed by atoms with Gasteiger partial charge in [-0.3, -0.25) is 9.36 Å². The molecule has 3 unspecified atom stereocenters. The number of hydrogen-bond donors (Lipinski definition) is 2. The van der Waals surface area contributed by atoms with E-state index in [2.05, 4.69) is 43.5 Å². The molecule has 0 aliphatic rings. The maximum Gasteiger partial charge on any atom is 0.268 e. The Balaban J connectivity index is 4.04. The first kappa shape index (κ1) is 70.7. The molecule has 0 aromatic rings. The largest absolute Gasteiger partial charge is 0.756 e. The van der Waals surface area contributed by atoms with Gasteiger partial charge in [-0.05, 0) is 51.4 Å². The molecule has 0 radical (unpaired) electrons. The van der Waals surface area contributed by atoms with Crippen LogP contribution in [0.2, 0.25) is 0 Å². The second-order valence-corrected chi connectivity index (χ2v) is 24.2. The number of aliphatic hydroxyl groups excluding tert-OH is 1. The van der Waals surface area contributed by atoms with Crippen LogP contribution in [-0.2, 0) is 18.4 Å². The normalized spacial score (nSPS) is 14.0. The maximum absolute atomic E-state index is 13.0. The van der Waals surface area contributed by atoms with Gasteiger partial charge >= 0.3 is 0 Å². The SMILES string of the molecule is CCCCCCCCCCC/C=C\C/C=C\CCCCCCCCCCCCCCCCCCCC(=O)NC(COP(=O)([O-])OCC[N+](C)(C)C)C(O)/C=C/CCCCCCCCCCCCCCCCC. The molecule has 0 aliphatic carbocycles. The van der Waals surface area contributed by atoms with Crippen LogP contribution in [0.1, 0.15) is 309 Å². The predicted octanol–water partition coefficient (Wildman–Crippen LogP) is 18.7. The highest BCUT2D eigenvalue weighted by molar-refractivity contribution is 7.45. The van der Waals surface area contributed by atoms with Crippen molar-refractivity contribution < 1.29 is 32.9 Å². The number of amides is 1. The molecule has 0 rings (SSSR count). The van der Waals surface area contributed by atoms with Crippen LogP contribution in [0.5, 0.6) is 0 Å². The molecule has 3 atom stereocenters. The number of aliphatic hydroxyl groups is 1. The first-order chi connectivity index (χ1) is 35.0. The zero-order valence-corrected chi connectivity index (χ0v) is 49.5. The van der Waals surface area contributed by atoms with Gasteiger partial charge in [-0.2, -0.15) is 0 Å². The first-order valence-electron chi connectivity index (χ1n) is 31.4. The third kappa shape index (κ3) is 56.4. The fourth-order valence-electron chi connectivity index (χ4n) is 9.42. The van der Waals surface area contributed by atoms with Gasteiger partial charge in [-0.25, -0.2) is 0 Å². The summed E-state index contributed by atoms with van der Waals surface area (Å²) in [4.78, 5) is 25.5. The molecule has 0 spiro atoms. The summed E-state index contributed by atoms with van der Waals surface area (Å²) in [7, 11) is 1.27. The fourth-order valence-corrected chi connectivity index (χ4v) is 10.1. The quantitative estimate of drug-likeness (QED) is 0.0272. The van der Waals surface area contributed by atoms with E-state index in [4.69, 9.17) is 9.05 Å². The van der Waals surface area contributed by atoms with Crippen LogP contribution < -0.4 is 10.2 Å². The Hall–Kier alpha value is -1.28. The van der Waals surface area contributed by atoms with Gasteiger partial charge < -0.3 is 28.8 Å². The highest BCUT2D eigenvalue weighted by atomic mass is 31.2. The lowest BCUT2D eigenvalue weighted by Gasteiger charge is -2.29. The molecule has 0 saturated carbocycles. The van der Waals surface area contributed by atoms with E-state index in [0.717, 1.165) is 44.9 Å². The Morgan fingerprint density at radius 2 is 0.806 bits per heavy atom. The van der Waals surface area contributed by atoms with Gasteiger partial charge in [-0.1, -0.05) is 288 Å². The van der Waals surface area contributed by atoms with Gasteiger partial charge in [-0.15, -0.1) is 0 Å². The average Bonchev–Trinajstić information content (AvgIpc) is 3.34. The summed E-state index contributed by atoms with van der Waals surface area (Å²) < 4.78 is 23.4. The number of unbranched alkanes of at least 4 members (excludes halogenated alkanes) is 41. The van der Waals surface area contributed by atoms with Crippen molar-refractivity contribution in [3.63, 3.8) is 0 Å². The zero-order chi connectivity index (χ0) is 52.7. The number of likely N-dealkylation sites (N-methyl/N-ethyl adjacent to an activating group) is 1. The number of carbonyl (C=O) groups is 1. The average molecular weight is 1040 g/mol. The van der Waals surface area contributed by atoms with Gasteiger partial charge in [0.15, 0.2) is 0 Å². The molecule has 0 aliphatic heterocycles. The first-order valence-corrected chi connectivity index (χ1v) is 32.8. The minimum Gasteiger partial charge on any atom is -0.756 e. The van der Waals surface area contributed by atoms with E-state index in [0.29, 0.717) is 17.4 Å². The second kappa shape index (κ2) is 54.5. The van der Waals surface area contributed by atoms with Crippen molar-refractivity contribution in [2.75, 3.05) is 40.9 Å². The van der Waals surface area contributed by atoms with Crippen LogP contribution >= 0.6 is 7.82 Å². The minimum atomic E-state index is -4.60. The third-order valence-corrected chi connectivity index (χ3v) is 15.3. The smallest absolute Gasteiger partial charge is 0.268 e. The van der Waals surface area contributed by atoms with Gasteiger partial charge in [0.25, 0.3) is 7.82 Å².